The predicted molar refractivity (Wildman–Crippen MR) is 104 cm³/mol. The Labute approximate surface area is 156 Å². The van der Waals surface area contributed by atoms with Gasteiger partial charge in [-0.25, -0.2) is 4.68 Å². The van der Waals surface area contributed by atoms with Crippen molar-refractivity contribution in [3.05, 3.63) is 100 Å². The Morgan fingerprint density at radius 3 is 2.07 bits per heavy atom. The van der Waals surface area contributed by atoms with Crippen LogP contribution in [-0.2, 0) is 0 Å². The Kier molecular flexibility index (Phi) is 4.34. The van der Waals surface area contributed by atoms with E-state index in [9.17, 15) is 9.90 Å². The fourth-order valence-corrected chi connectivity index (χ4v) is 3.31. The van der Waals surface area contributed by atoms with Crippen molar-refractivity contribution < 1.29 is 9.84 Å². The number of fused-ring (bicyclic) bond motifs is 1. The number of hydrogen-bond acceptors (Lipinski definition) is 4. The minimum atomic E-state index is -0.407. The molecule has 0 aliphatic rings. The molecule has 0 saturated carbocycles. The first-order chi connectivity index (χ1) is 13.2. The molecule has 4 rings (SSSR count). The average Bonchev–Trinajstić information content (AvgIpc) is 2.72. The second kappa shape index (κ2) is 6.96. The van der Waals surface area contributed by atoms with Gasteiger partial charge < -0.3 is 9.84 Å². The van der Waals surface area contributed by atoms with E-state index in [4.69, 9.17) is 4.74 Å². The van der Waals surface area contributed by atoms with Crippen LogP contribution in [0.3, 0.4) is 0 Å². The summed E-state index contributed by atoms with van der Waals surface area (Å²) < 4.78 is 6.57. The number of rotatable bonds is 4. The number of ether oxygens (including phenoxy) is 1. The Bertz CT molecular complexity index is 1100. The molecule has 0 fully saturated rings. The third-order valence-electron chi connectivity index (χ3n) is 4.61. The molecule has 1 heterocycles. The van der Waals surface area contributed by atoms with Crippen LogP contribution < -0.4 is 10.3 Å². The zero-order chi connectivity index (χ0) is 18.8. The summed E-state index contributed by atoms with van der Waals surface area (Å²) in [6.45, 7) is 0. The van der Waals surface area contributed by atoms with Crippen LogP contribution in [-0.4, -0.2) is 22.0 Å². The molecule has 0 bridgehead atoms. The van der Waals surface area contributed by atoms with Gasteiger partial charge in [-0.1, -0.05) is 60.7 Å². The van der Waals surface area contributed by atoms with Gasteiger partial charge in [0.2, 0.25) is 0 Å². The largest absolute Gasteiger partial charge is 0.504 e. The summed E-state index contributed by atoms with van der Waals surface area (Å²) in [6, 6.07) is 22.3. The summed E-state index contributed by atoms with van der Waals surface area (Å²) >= 11 is 0. The van der Waals surface area contributed by atoms with E-state index < -0.39 is 6.04 Å². The lowest BCUT2D eigenvalue weighted by Crippen LogP contribution is -2.28. The second-order valence-corrected chi connectivity index (χ2v) is 6.20. The lowest BCUT2D eigenvalue weighted by molar-refractivity contribution is 0.376. The van der Waals surface area contributed by atoms with E-state index in [1.807, 2.05) is 60.7 Å². The molecular formula is C22H18N2O3. The molecule has 3 aromatic carbocycles. The number of hydrogen-bond donors (Lipinski definition) is 1. The van der Waals surface area contributed by atoms with Gasteiger partial charge in [0.25, 0.3) is 5.56 Å². The van der Waals surface area contributed by atoms with Gasteiger partial charge in [0.05, 0.1) is 18.7 Å². The molecule has 0 aliphatic carbocycles. The van der Waals surface area contributed by atoms with Crippen LogP contribution in [0.5, 0.6) is 11.5 Å². The molecule has 5 nitrogen and oxygen atoms in total. The molecule has 0 saturated heterocycles. The van der Waals surface area contributed by atoms with Crippen molar-refractivity contribution in [1.82, 2.24) is 9.78 Å². The summed E-state index contributed by atoms with van der Waals surface area (Å²) in [5.41, 5.74) is 1.49. The first-order valence-electron chi connectivity index (χ1n) is 8.58. The minimum absolute atomic E-state index is 0.170. The Hall–Kier alpha value is -3.60. The van der Waals surface area contributed by atoms with E-state index >= 15 is 0 Å². The van der Waals surface area contributed by atoms with Crippen molar-refractivity contribution in [2.45, 2.75) is 6.04 Å². The van der Waals surface area contributed by atoms with Gasteiger partial charge in [0, 0.05) is 5.39 Å². The normalized spacial score (nSPS) is 11.0. The summed E-state index contributed by atoms with van der Waals surface area (Å²) in [5.74, 6) is 0.0874. The highest BCUT2D eigenvalue weighted by atomic mass is 16.5. The first-order valence-corrected chi connectivity index (χ1v) is 8.58. The zero-order valence-electron chi connectivity index (χ0n) is 14.7. The Morgan fingerprint density at radius 1 is 0.926 bits per heavy atom. The van der Waals surface area contributed by atoms with Gasteiger partial charge in [0.15, 0.2) is 11.5 Å². The third kappa shape index (κ3) is 2.93. The number of benzene rings is 3. The molecule has 5 heteroatoms. The van der Waals surface area contributed by atoms with E-state index in [1.54, 1.807) is 18.3 Å². The Balaban J connectivity index is 2.01. The van der Waals surface area contributed by atoms with Crippen LogP contribution >= 0.6 is 0 Å². The molecule has 27 heavy (non-hydrogen) atoms. The molecule has 0 unspecified atom stereocenters. The molecule has 0 atom stereocenters. The van der Waals surface area contributed by atoms with Gasteiger partial charge in [-0.3, -0.25) is 4.79 Å². The fourth-order valence-electron chi connectivity index (χ4n) is 3.31. The van der Waals surface area contributed by atoms with Crippen molar-refractivity contribution in [3.63, 3.8) is 0 Å². The molecule has 0 aliphatic heterocycles. The van der Waals surface area contributed by atoms with Crippen molar-refractivity contribution in [1.29, 1.82) is 0 Å². The number of phenolic OH excluding ortho intramolecular Hbond substituents is 1. The number of methoxy groups -OCH3 is 1. The van der Waals surface area contributed by atoms with Crippen molar-refractivity contribution in [2.75, 3.05) is 7.11 Å². The van der Waals surface area contributed by atoms with Gasteiger partial charge in [-0.2, -0.15) is 5.10 Å². The molecule has 0 amide bonds. The fraction of sp³-hybridized carbons (Fsp3) is 0.0909. The van der Waals surface area contributed by atoms with Crippen LogP contribution in [0.4, 0.5) is 0 Å². The average molecular weight is 358 g/mol. The van der Waals surface area contributed by atoms with Crippen LogP contribution in [0.2, 0.25) is 0 Å². The van der Waals surface area contributed by atoms with Gasteiger partial charge in [-0.05, 0) is 23.3 Å². The first kappa shape index (κ1) is 16.8. The van der Waals surface area contributed by atoms with Gasteiger partial charge >= 0.3 is 0 Å². The van der Waals surface area contributed by atoms with E-state index in [1.165, 1.54) is 11.8 Å². The minimum Gasteiger partial charge on any atom is -0.504 e. The molecule has 134 valence electrons. The maximum Gasteiger partial charge on any atom is 0.279 e. The highest BCUT2D eigenvalue weighted by Crippen LogP contribution is 2.32. The van der Waals surface area contributed by atoms with Crippen molar-refractivity contribution in [2.24, 2.45) is 0 Å². The predicted octanol–water partition coefficient (Wildman–Crippen LogP) is 3.75. The number of nitrogens with zero attached hydrogens (tertiary/aromatic N) is 2. The maximum atomic E-state index is 13.3. The van der Waals surface area contributed by atoms with Crippen molar-refractivity contribution >= 4 is 10.8 Å². The molecule has 0 spiro atoms. The van der Waals surface area contributed by atoms with E-state index in [2.05, 4.69) is 5.10 Å². The van der Waals surface area contributed by atoms with Crippen LogP contribution in [0.1, 0.15) is 17.2 Å². The van der Waals surface area contributed by atoms with Crippen LogP contribution in [0, 0.1) is 0 Å². The standard InChI is InChI=1S/C22H18N2O3/c1-27-18-13-12-17-14-23-24(22(26)19(17)21(18)25)20(15-8-4-2-5-9-15)16-10-6-3-7-11-16/h2-14,20,25H,1H3. The molecule has 0 radical (unpaired) electrons. The highest BCUT2D eigenvalue weighted by Gasteiger charge is 2.21. The monoisotopic (exact) mass is 358 g/mol. The zero-order valence-corrected chi connectivity index (χ0v) is 14.7. The molecule has 1 N–H and O–H groups in total. The number of aromatic nitrogens is 2. The molecule has 1 aromatic heterocycles. The SMILES string of the molecule is COc1ccc2cnn(C(c3ccccc3)c3ccccc3)c(=O)c2c1O. The summed E-state index contributed by atoms with van der Waals surface area (Å²) in [5, 5.41) is 15.7. The highest BCUT2D eigenvalue weighted by molar-refractivity contribution is 5.89. The van der Waals surface area contributed by atoms with Crippen molar-refractivity contribution in [3.8, 4) is 11.5 Å². The second-order valence-electron chi connectivity index (χ2n) is 6.20. The molecular weight excluding hydrogens is 340 g/mol. The van der Waals surface area contributed by atoms with Gasteiger partial charge in [-0.15, -0.1) is 0 Å². The van der Waals surface area contributed by atoms with E-state index in [0.717, 1.165) is 11.1 Å². The summed E-state index contributed by atoms with van der Waals surface area (Å²) in [4.78, 5) is 13.3. The summed E-state index contributed by atoms with van der Waals surface area (Å²) in [7, 11) is 1.46. The Morgan fingerprint density at radius 2 is 1.52 bits per heavy atom. The number of phenols is 1. The molecule has 4 aromatic rings. The van der Waals surface area contributed by atoms with E-state index in [0.29, 0.717) is 5.39 Å². The van der Waals surface area contributed by atoms with Gasteiger partial charge in [0.1, 0.15) is 6.04 Å². The summed E-state index contributed by atoms with van der Waals surface area (Å²) in [6.07, 6.45) is 1.59. The lowest BCUT2D eigenvalue weighted by Gasteiger charge is -2.20. The third-order valence-corrected chi connectivity index (χ3v) is 4.61. The van der Waals surface area contributed by atoms with Crippen LogP contribution in [0.25, 0.3) is 10.8 Å². The topological polar surface area (TPSA) is 64.4 Å². The van der Waals surface area contributed by atoms with E-state index in [-0.39, 0.29) is 22.4 Å². The quantitative estimate of drug-likeness (QED) is 0.603. The maximum absolute atomic E-state index is 13.3. The smallest absolute Gasteiger partial charge is 0.279 e. The number of aromatic hydroxyl groups is 1. The lowest BCUT2D eigenvalue weighted by atomic mass is 9.98. The van der Waals surface area contributed by atoms with Crippen LogP contribution in [0.15, 0.2) is 83.8 Å².